The molecule has 0 aliphatic rings. The topological polar surface area (TPSA) is 40.5 Å². The summed E-state index contributed by atoms with van der Waals surface area (Å²) in [7, 11) is 0. The molecule has 0 fully saturated rings. The molecule has 0 amide bonds. The molecule has 1 aromatic rings. The highest BCUT2D eigenvalue weighted by Crippen LogP contribution is 2.10. The second kappa shape index (κ2) is 5.73. The molecule has 2 atom stereocenters. The lowest BCUT2D eigenvalue weighted by Gasteiger charge is -2.12. The maximum Gasteiger partial charge on any atom is 0.128 e. The molecule has 0 bridgehead atoms. The maximum absolute atomic E-state index is 13.1. The minimum Gasteiger partial charge on any atom is -0.394 e. The van der Waals surface area contributed by atoms with Gasteiger partial charge in [0.1, 0.15) is 12.3 Å². The summed E-state index contributed by atoms with van der Waals surface area (Å²) in [4.78, 5) is 0. The van der Waals surface area contributed by atoms with Crippen LogP contribution in [-0.4, -0.2) is 29.1 Å². The molecule has 2 N–H and O–H groups in total. The van der Waals surface area contributed by atoms with E-state index in [1.807, 2.05) is 30.3 Å². The Bertz CT molecular complexity index is 251. The molecule has 0 spiro atoms. The molecule has 0 radical (unpaired) electrons. The van der Waals surface area contributed by atoms with Gasteiger partial charge in [0.05, 0.1) is 6.61 Å². The Morgan fingerprint density at radius 3 is 2.43 bits per heavy atom. The SMILES string of the molecule is OC[C@H](O)C(F)CCc1ccccc1. The third-order valence-electron chi connectivity index (χ3n) is 2.16. The summed E-state index contributed by atoms with van der Waals surface area (Å²) in [6.45, 7) is -0.518. The molecule has 2 nitrogen and oxygen atoms in total. The first kappa shape index (κ1) is 11.1. The Hall–Kier alpha value is -0.930. The Labute approximate surface area is 83.0 Å². The average molecular weight is 198 g/mol. The Morgan fingerprint density at radius 1 is 1.21 bits per heavy atom. The first-order chi connectivity index (χ1) is 6.74. The number of rotatable bonds is 5. The van der Waals surface area contributed by atoms with E-state index < -0.39 is 18.9 Å². The molecule has 3 heteroatoms. The van der Waals surface area contributed by atoms with Gasteiger partial charge in [0.25, 0.3) is 0 Å². The van der Waals surface area contributed by atoms with E-state index >= 15 is 0 Å². The monoisotopic (exact) mass is 198 g/mol. The summed E-state index contributed by atoms with van der Waals surface area (Å²) in [5.41, 5.74) is 1.04. The first-order valence-corrected chi connectivity index (χ1v) is 4.71. The van der Waals surface area contributed by atoms with Gasteiger partial charge in [0.15, 0.2) is 0 Å². The molecule has 0 saturated carbocycles. The first-order valence-electron chi connectivity index (χ1n) is 4.71. The van der Waals surface area contributed by atoms with Crippen LogP contribution >= 0.6 is 0 Å². The zero-order valence-electron chi connectivity index (χ0n) is 7.94. The molecule has 0 aromatic heterocycles. The van der Waals surface area contributed by atoms with Crippen molar-refractivity contribution in [2.45, 2.75) is 25.1 Å². The van der Waals surface area contributed by atoms with Gasteiger partial charge in [-0.15, -0.1) is 0 Å². The van der Waals surface area contributed by atoms with Crippen molar-refractivity contribution < 1.29 is 14.6 Å². The number of hydrogen-bond donors (Lipinski definition) is 2. The summed E-state index contributed by atoms with van der Waals surface area (Å²) in [6, 6.07) is 9.52. The number of alkyl halides is 1. The van der Waals surface area contributed by atoms with Gasteiger partial charge in [-0.2, -0.15) is 0 Å². The maximum atomic E-state index is 13.1. The van der Waals surface area contributed by atoms with E-state index in [-0.39, 0.29) is 6.42 Å². The van der Waals surface area contributed by atoms with E-state index in [2.05, 4.69) is 0 Å². The smallest absolute Gasteiger partial charge is 0.128 e. The predicted octanol–water partition coefficient (Wildman–Crippen LogP) is 1.31. The van der Waals surface area contributed by atoms with Crippen LogP contribution in [0.1, 0.15) is 12.0 Å². The van der Waals surface area contributed by atoms with Crippen molar-refractivity contribution >= 4 is 0 Å². The van der Waals surface area contributed by atoms with Crippen LogP contribution in [0.15, 0.2) is 30.3 Å². The lowest BCUT2D eigenvalue weighted by Crippen LogP contribution is -2.25. The number of benzene rings is 1. The number of aliphatic hydroxyl groups is 2. The van der Waals surface area contributed by atoms with Crippen LogP contribution in [-0.2, 0) is 6.42 Å². The van der Waals surface area contributed by atoms with E-state index in [1.165, 1.54) is 0 Å². The molecule has 14 heavy (non-hydrogen) atoms. The van der Waals surface area contributed by atoms with E-state index in [1.54, 1.807) is 0 Å². The quantitative estimate of drug-likeness (QED) is 0.749. The van der Waals surface area contributed by atoms with Gasteiger partial charge in [-0.1, -0.05) is 30.3 Å². The fraction of sp³-hybridized carbons (Fsp3) is 0.455. The molecule has 1 unspecified atom stereocenters. The number of aryl methyl sites for hydroxylation is 1. The molecule has 0 saturated heterocycles. The Kier molecular flexibility index (Phi) is 4.56. The van der Waals surface area contributed by atoms with Crippen LogP contribution in [0.2, 0.25) is 0 Å². The van der Waals surface area contributed by atoms with Crippen molar-refractivity contribution in [3.63, 3.8) is 0 Å². The second-order valence-electron chi connectivity index (χ2n) is 3.29. The lowest BCUT2D eigenvalue weighted by molar-refractivity contribution is 0.0254. The van der Waals surface area contributed by atoms with Gasteiger partial charge in [0, 0.05) is 0 Å². The van der Waals surface area contributed by atoms with Crippen molar-refractivity contribution in [1.29, 1.82) is 0 Å². The summed E-state index contributed by atoms with van der Waals surface area (Å²) < 4.78 is 13.1. The van der Waals surface area contributed by atoms with E-state index in [4.69, 9.17) is 10.2 Å². The zero-order chi connectivity index (χ0) is 10.4. The summed E-state index contributed by atoms with van der Waals surface area (Å²) in [6.07, 6.45) is -1.77. The average Bonchev–Trinajstić information content (AvgIpc) is 2.26. The van der Waals surface area contributed by atoms with Crippen molar-refractivity contribution in [1.82, 2.24) is 0 Å². The highest BCUT2D eigenvalue weighted by molar-refractivity contribution is 5.14. The summed E-state index contributed by atoms with van der Waals surface area (Å²) in [5, 5.41) is 17.5. The van der Waals surface area contributed by atoms with Crippen LogP contribution in [0.4, 0.5) is 4.39 Å². The summed E-state index contributed by atoms with van der Waals surface area (Å²) in [5.74, 6) is 0. The standard InChI is InChI=1S/C11H15FO2/c12-10(11(14)8-13)7-6-9-4-2-1-3-5-9/h1-5,10-11,13-14H,6-8H2/t10?,11-/m0/s1. The normalized spacial score (nSPS) is 15.1. The van der Waals surface area contributed by atoms with Gasteiger partial charge in [-0.25, -0.2) is 4.39 Å². The van der Waals surface area contributed by atoms with E-state index in [0.29, 0.717) is 6.42 Å². The number of hydrogen-bond acceptors (Lipinski definition) is 2. The predicted molar refractivity (Wildman–Crippen MR) is 52.8 cm³/mol. The van der Waals surface area contributed by atoms with Crippen molar-refractivity contribution in [3.8, 4) is 0 Å². The molecular formula is C11H15FO2. The van der Waals surface area contributed by atoms with Gasteiger partial charge in [-0.3, -0.25) is 0 Å². The van der Waals surface area contributed by atoms with Crippen LogP contribution in [0.25, 0.3) is 0 Å². The molecule has 78 valence electrons. The van der Waals surface area contributed by atoms with Crippen molar-refractivity contribution in [2.75, 3.05) is 6.61 Å². The fourth-order valence-corrected chi connectivity index (χ4v) is 1.26. The molecule has 0 aliphatic carbocycles. The van der Waals surface area contributed by atoms with Crippen molar-refractivity contribution in [3.05, 3.63) is 35.9 Å². The molecule has 1 aromatic carbocycles. The lowest BCUT2D eigenvalue weighted by atomic mass is 10.1. The second-order valence-corrected chi connectivity index (χ2v) is 3.29. The summed E-state index contributed by atoms with van der Waals surface area (Å²) >= 11 is 0. The minimum absolute atomic E-state index is 0.242. The third-order valence-corrected chi connectivity index (χ3v) is 2.16. The Morgan fingerprint density at radius 2 is 1.86 bits per heavy atom. The number of aliphatic hydroxyl groups excluding tert-OH is 2. The van der Waals surface area contributed by atoms with Crippen LogP contribution in [0.3, 0.4) is 0 Å². The number of halogens is 1. The van der Waals surface area contributed by atoms with Crippen LogP contribution in [0, 0.1) is 0 Å². The fourth-order valence-electron chi connectivity index (χ4n) is 1.26. The third kappa shape index (κ3) is 3.44. The van der Waals surface area contributed by atoms with Gasteiger partial charge >= 0.3 is 0 Å². The highest BCUT2D eigenvalue weighted by Gasteiger charge is 2.16. The molecule has 1 rings (SSSR count). The van der Waals surface area contributed by atoms with Crippen molar-refractivity contribution in [2.24, 2.45) is 0 Å². The zero-order valence-corrected chi connectivity index (χ0v) is 7.94. The molecular weight excluding hydrogens is 183 g/mol. The molecule has 0 heterocycles. The van der Waals surface area contributed by atoms with Crippen LogP contribution < -0.4 is 0 Å². The van der Waals surface area contributed by atoms with Gasteiger partial charge in [0.2, 0.25) is 0 Å². The van der Waals surface area contributed by atoms with Gasteiger partial charge < -0.3 is 10.2 Å². The van der Waals surface area contributed by atoms with Crippen LogP contribution in [0.5, 0.6) is 0 Å². The Balaban J connectivity index is 2.34. The van der Waals surface area contributed by atoms with E-state index in [0.717, 1.165) is 5.56 Å². The van der Waals surface area contributed by atoms with Gasteiger partial charge in [-0.05, 0) is 18.4 Å². The minimum atomic E-state index is -1.35. The molecule has 0 aliphatic heterocycles. The van der Waals surface area contributed by atoms with E-state index in [9.17, 15) is 4.39 Å². The highest BCUT2D eigenvalue weighted by atomic mass is 19.1. The largest absolute Gasteiger partial charge is 0.394 e.